The molecule has 0 aliphatic heterocycles. The minimum absolute atomic E-state index is 0.191. The van der Waals surface area contributed by atoms with Crippen molar-refractivity contribution >= 4 is 12.2 Å². The van der Waals surface area contributed by atoms with E-state index in [2.05, 4.69) is 0 Å². The largest absolute Gasteiger partial charge is 0.513 e. The van der Waals surface area contributed by atoms with Crippen molar-refractivity contribution in [3.63, 3.8) is 0 Å². The highest BCUT2D eigenvalue weighted by atomic mass is 16.7. The monoisotopic (exact) mass is 295 g/mol. The zero-order chi connectivity index (χ0) is 15.8. The van der Waals surface area contributed by atoms with Crippen LogP contribution in [-0.4, -0.2) is 36.8 Å². The van der Waals surface area contributed by atoms with E-state index >= 15 is 0 Å². The summed E-state index contributed by atoms with van der Waals surface area (Å²) in [6, 6.07) is 5.05. The van der Waals surface area contributed by atoms with Gasteiger partial charge >= 0.3 is 12.2 Å². The molecule has 0 saturated heterocycles. The molecule has 6 nitrogen and oxygen atoms in total. The van der Waals surface area contributed by atoms with Crippen LogP contribution in [0.5, 0.6) is 11.5 Å². The van der Waals surface area contributed by atoms with E-state index in [9.17, 15) is 9.59 Å². The lowest BCUT2D eigenvalue weighted by atomic mass is 10.2. The van der Waals surface area contributed by atoms with Gasteiger partial charge in [-0.2, -0.15) is 0 Å². The Bertz CT molecular complexity index is 497. The van der Waals surface area contributed by atoms with E-state index in [1.165, 1.54) is 4.90 Å². The Morgan fingerprint density at radius 1 is 1.10 bits per heavy atom. The molecule has 6 heteroatoms. The van der Waals surface area contributed by atoms with Gasteiger partial charge in [-0.15, -0.1) is 0 Å². The number of rotatable bonds is 5. The number of carbonyl (C=O) groups is 2. The molecule has 1 amide bonds. The summed E-state index contributed by atoms with van der Waals surface area (Å²) < 4.78 is 15.1. The number of amides is 1. The standard InChI is InChI=1S/C15H21NO5/c1-5-16(6-2)14(17)20-12-10-8-9-11(4)13(12)21-15(18)19-7-3/h8-10H,5-7H2,1-4H3. The van der Waals surface area contributed by atoms with Gasteiger partial charge in [0.2, 0.25) is 0 Å². The summed E-state index contributed by atoms with van der Waals surface area (Å²) in [5.41, 5.74) is 0.674. The summed E-state index contributed by atoms with van der Waals surface area (Å²) in [6.45, 7) is 8.43. The van der Waals surface area contributed by atoms with Crippen molar-refractivity contribution in [2.45, 2.75) is 27.7 Å². The fourth-order valence-electron chi connectivity index (χ4n) is 1.71. The topological polar surface area (TPSA) is 65.1 Å². The van der Waals surface area contributed by atoms with E-state index in [-0.39, 0.29) is 18.1 Å². The molecule has 0 aromatic heterocycles. The zero-order valence-corrected chi connectivity index (χ0v) is 12.8. The molecule has 21 heavy (non-hydrogen) atoms. The first-order valence-electron chi connectivity index (χ1n) is 6.94. The molecular weight excluding hydrogens is 274 g/mol. The lowest BCUT2D eigenvalue weighted by molar-refractivity contribution is 0.102. The van der Waals surface area contributed by atoms with Crippen LogP contribution >= 0.6 is 0 Å². The molecular formula is C15H21NO5. The summed E-state index contributed by atoms with van der Waals surface area (Å²) in [7, 11) is 0. The summed E-state index contributed by atoms with van der Waals surface area (Å²) in [5.74, 6) is 0.386. The van der Waals surface area contributed by atoms with Crippen LogP contribution in [0.4, 0.5) is 9.59 Å². The van der Waals surface area contributed by atoms with E-state index in [0.29, 0.717) is 18.7 Å². The number of nitrogens with zero attached hydrogens (tertiary/aromatic N) is 1. The van der Waals surface area contributed by atoms with Crippen LogP contribution in [0.3, 0.4) is 0 Å². The van der Waals surface area contributed by atoms with Gasteiger partial charge in [0.1, 0.15) is 0 Å². The van der Waals surface area contributed by atoms with Crippen LogP contribution in [0.1, 0.15) is 26.3 Å². The van der Waals surface area contributed by atoms with Gasteiger partial charge in [-0.1, -0.05) is 12.1 Å². The lowest BCUT2D eigenvalue weighted by Gasteiger charge is -2.19. The van der Waals surface area contributed by atoms with Gasteiger partial charge in [0.05, 0.1) is 6.61 Å². The van der Waals surface area contributed by atoms with Crippen LogP contribution in [0.15, 0.2) is 18.2 Å². The third-order valence-electron chi connectivity index (χ3n) is 2.84. The maximum Gasteiger partial charge on any atom is 0.513 e. The molecule has 0 atom stereocenters. The maximum atomic E-state index is 12.0. The van der Waals surface area contributed by atoms with Crippen molar-refractivity contribution in [3.05, 3.63) is 23.8 Å². The molecule has 0 spiro atoms. The summed E-state index contributed by atoms with van der Waals surface area (Å²) in [4.78, 5) is 25.0. The molecule has 0 fully saturated rings. The molecule has 0 radical (unpaired) electrons. The third kappa shape index (κ3) is 4.66. The molecule has 0 aliphatic rings. The average Bonchev–Trinajstić information content (AvgIpc) is 2.44. The van der Waals surface area contributed by atoms with Crippen molar-refractivity contribution in [1.29, 1.82) is 0 Å². The van der Waals surface area contributed by atoms with Gasteiger partial charge in [0.25, 0.3) is 0 Å². The Balaban J connectivity index is 2.94. The predicted octanol–water partition coefficient (Wildman–Crippen LogP) is 3.37. The second-order valence-corrected chi connectivity index (χ2v) is 4.23. The summed E-state index contributed by atoms with van der Waals surface area (Å²) in [6.07, 6.45) is -1.31. The highest BCUT2D eigenvalue weighted by molar-refractivity contribution is 5.73. The van der Waals surface area contributed by atoms with Gasteiger partial charge in [0, 0.05) is 13.1 Å². The fraction of sp³-hybridized carbons (Fsp3) is 0.467. The first kappa shape index (κ1) is 16.8. The third-order valence-corrected chi connectivity index (χ3v) is 2.84. The number of ether oxygens (including phenoxy) is 3. The van der Waals surface area contributed by atoms with Gasteiger partial charge < -0.3 is 19.1 Å². The van der Waals surface area contributed by atoms with E-state index < -0.39 is 12.2 Å². The van der Waals surface area contributed by atoms with E-state index in [0.717, 1.165) is 0 Å². The van der Waals surface area contributed by atoms with Crippen LogP contribution in [-0.2, 0) is 4.74 Å². The van der Waals surface area contributed by atoms with E-state index in [1.54, 1.807) is 32.0 Å². The zero-order valence-electron chi connectivity index (χ0n) is 12.8. The average molecular weight is 295 g/mol. The number of aryl methyl sites for hydroxylation is 1. The molecule has 0 unspecified atom stereocenters. The van der Waals surface area contributed by atoms with E-state index in [1.807, 2.05) is 13.8 Å². The molecule has 1 aromatic rings. The van der Waals surface area contributed by atoms with Crippen LogP contribution in [0, 0.1) is 6.92 Å². The minimum Gasteiger partial charge on any atom is -0.434 e. The Morgan fingerprint density at radius 2 is 1.76 bits per heavy atom. The number of benzene rings is 1. The molecule has 0 aliphatic carbocycles. The molecule has 0 N–H and O–H groups in total. The second kappa shape index (κ2) is 8.14. The molecule has 1 aromatic carbocycles. The highest BCUT2D eigenvalue weighted by Crippen LogP contribution is 2.31. The van der Waals surface area contributed by atoms with Crippen LogP contribution < -0.4 is 9.47 Å². The Labute approximate surface area is 124 Å². The van der Waals surface area contributed by atoms with Gasteiger partial charge in [-0.3, -0.25) is 0 Å². The van der Waals surface area contributed by atoms with E-state index in [4.69, 9.17) is 14.2 Å². The molecule has 0 heterocycles. The molecule has 1 rings (SSSR count). The van der Waals surface area contributed by atoms with Crippen molar-refractivity contribution in [2.24, 2.45) is 0 Å². The van der Waals surface area contributed by atoms with Crippen molar-refractivity contribution in [3.8, 4) is 11.5 Å². The maximum absolute atomic E-state index is 12.0. The Morgan fingerprint density at radius 3 is 2.33 bits per heavy atom. The van der Waals surface area contributed by atoms with Gasteiger partial charge in [-0.05, 0) is 39.3 Å². The van der Waals surface area contributed by atoms with Crippen LogP contribution in [0.2, 0.25) is 0 Å². The van der Waals surface area contributed by atoms with Crippen molar-refractivity contribution in [1.82, 2.24) is 4.90 Å². The van der Waals surface area contributed by atoms with Crippen molar-refractivity contribution < 1.29 is 23.8 Å². The normalized spacial score (nSPS) is 9.90. The fourth-order valence-corrected chi connectivity index (χ4v) is 1.71. The molecule has 0 saturated carbocycles. The highest BCUT2D eigenvalue weighted by Gasteiger charge is 2.18. The molecule has 116 valence electrons. The second-order valence-electron chi connectivity index (χ2n) is 4.23. The summed E-state index contributed by atoms with van der Waals surface area (Å²) in [5, 5.41) is 0. The lowest BCUT2D eigenvalue weighted by Crippen LogP contribution is -2.33. The molecule has 0 bridgehead atoms. The predicted molar refractivity (Wildman–Crippen MR) is 77.8 cm³/mol. The Hall–Kier alpha value is -2.24. The SMILES string of the molecule is CCOC(=O)Oc1c(C)cccc1OC(=O)N(CC)CC. The minimum atomic E-state index is -0.827. The number of carbonyl (C=O) groups excluding carboxylic acids is 2. The smallest absolute Gasteiger partial charge is 0.434 e. The van der Waals surface area contributed by atoms with Crippen molar-refractivity contribution in [2.75, 3.05) is 19.7 Å². The first-order valence-corrected chi connectivity index (χ1v) is 6.94. The summed E-state index contributed by atoms with van der Waals surface area (Å²) >= 11 is 0. The van der Waals surface area contributed by atoms with Gasteiger partial charge in [-0.25, -0.2) is 9.59 Å². The number of hydrogen-bond donors (Lipinski definition) is 0. The van der Waals surface area contributed by atoms with Crippen LogP contribution in [0.25, 0.3) is 0 Å². The van der Waals surface area contributed by atoms with Gasteiger partial charge in [0.15, 0.2) is 11.5 Å². The quantitative estimate of drug-likeness (QED) is 0.615. The first-order chi connectivity index (χ1) is 10.0. The Kier molecular flexibility index (Phi) is 6.52. The number of hydrogen-bond acceptors (Lipinski definition) is 5. The number of para-hydroxylation sites is 1.